The Bertz CT molecular complexity index is 996. The maximum absolute atomic E-state index is 13.6. The number of hydrogen-bond donors (Lipinski definition) is 0. The van der Waals surface area contributed by atoms with E-state index in [4.69, 9.17) is 19.2 Å². The molecule has 7 rings (SSSR count). The lowest BCUT2D eigenvalue weighted by molar-refractivity contribution is -0.170. The van der Waals surface area contributed by atoms with Crippen LogP contribution in [0.5, 0.6) is 0 Å². The molecule has 4 heterocycles. The molecule has 2 aromatic carbocycles. The zero-order valence-electron chi connectivity index (χ0n) is 17.7. The van der Waals surface area contributed by atoms with Crippen LogP contribution in [0.4, 0.5) is 0 Å². The molecule has 1 aliphatic carbocycles. The smallest absolute Gasteiger partial charge is 0.334 e. The van der Waals surface area contributed by atoms with Crippen molar-refractivity contribution in [3.05, 3.63) is 71.8 Å². The number of carbonyl (C=O) groups is 1. The second-order valence-electron chi connectivity index (χ2n) is 8.98. The molecule has 6 atom stereocenters. The van der Waals surface area contributed by atoms with Crippen LogP contribution in [0.3, 0.4) is 0 Å². The van der Waals surface area contributed by atoms with Gasteiger partial charge in [-0.15, -0.1) is 0 Å². The van der Waals surface area contributed by atoms with E-state index in [1.807, 2.05) is 31.2 Å². The summed E-state index contributed by atoms with van der Waals surface area (Å²) in [5, 5.41) is 0. The lowest BCUT2D eigenvalue weighted by Crippen LogP contribution is -2.76. The van der Waals surface area contributed by atoms with E-state index in [9.17, 15) is 4.79 Å². The molecule has 0 N–H and O–H groups in total. The quantitative estimate of drug-likeness (QED) is 0.714. The Balaban J connectivity index is 1.69. The van der Waals surface area contributed by atoms with Crippen LogP contribution in [-0.4, -0.2) is 49.2 Å². The molecule has 2 aromatic rings. The highest BCUT2D eigenvalue weighted by molar-refractivity contribution is 6.12. The number of esters is 1. The first-order valence-corrected chi connectivity index (χ1v) is 11.4. The van der Waals surface area contributed by atoms with Crippen molar-refractivity contribution in [2.45, 2.75) is 42.9 Å². The summed E-state index contributed by atoms with van der Waals surface area (Å²) in [6, 6.07) is 20.7. The fourth-order valence-electron chi connectivity index (χ4n) is 6.80. The molecule has 31 heavy (non-hydrogen) atoms. The van der Waals surface area contributed by atoms with Gasteiger partial charge in [-0.1, -0.05) is 60.7 Å². The zero-order valence-corrected chi connectivity index (χ0v) is 17.7. The van der Waals surface area contributed by atoms with Crippen LogP contribution in [0.2, 0.25) is 0 Å². The van der Waals surface area contributed by atoms with Crippen LogP contribution >= 0.6 is 0 Å². The predicted molar refractivity (Wildman–Crippen MR) is 116 cm³/mol. The summed E-state index contributed by atoms with van der Waals surface area (Å²) in [5.74, 6) is -0.241. The van der Waals surface area contributed by atoms with Crippen LogP contribution in [0, 0.1) is 11.8 Å². The molecule has 5 aliphatic rings. The van der Waals surface area contributed by atoms with E-state index in [1.165, 1.54) is 0 Å². The van der Waals surface area contributed by atoms with Crippen LogP contribution in [0.1, 0.15) is 30.9 Å². The first-order chi connectivity index (χ1) is 15.2. The molecule has 5 nitrogen and oxygen atoms in total. The lowest BCUT2D eigenvalue weighted by Gasteiger charge is -2.61. The van der Waals surface area contributed by atoms with Crippen molar-refractivity contribution >= 4 is 11.7 Å². The molecule has 0 spiro atoms. The second kappa shape index (κ2) is 7.01. The van der Waals surface area contributed by atoms with E-state index in [0.717, 1.165) is 29.7 Å². The van der Waals surface area contributed by atoms with E-state index in [1.54, 1.807) is 0 Å². The topological polar surface area (TPSA) is 57.1 Å². The summed E-state index contributed by atoms with van der Waals surface area (Å²) < 4.78 is 18.7. The molecule has 5 heteroatoms. The first kappa shape index (κ1) is 19.2. The molecular weight excluding hydrogens is 390 g/mol. The predicted octanol–water partition coefficient (Wildman–Crippen LogP) is 3.55. The van der Waals surface area contributed by atoms with E-state index in [0.29, 0.717) is 19.8 Å². The Kier molecular flexibility index (Phi) is 4.34. The summed E-state index contributed by atoms with van der Waals surface area (Å²) in [4.78, 5) is 19.0. The Morgan fingerprint density at radius 2 is 1.55 bits per heavy atom. The zero-order chi connectivity index (χ0) is 21.1. The first-order valence-electron chi connectivity index (χ1n) is 11.4. The van der Waals surface area contributed by atoms with Gasteiger partial charge in [0.25, 0.3) is 0 Å². The van der Waals surface area contributed by atoms with E-state index >= 15 is 0 Å². The van der Waals surface area contributed by atoms with Gasteiger partial charge in [-0.2, -0.15) is 0 Å². The molecule has 0 aromatic heterocycles. The third-order valence-corrected chi connectivity index (χ3v) is 7.80. The van der Waals surface area contributed by atoms with E-state index < -0.39 is 11.0 Å². The van der Waals surface area contributed by atoms with Crippen molar-refractivity contribution in [2.75, 3.05) is 19.8 Å². The second-order valence-corrected chi connectivity index (χ2v) is 8.98. The van der Waals surface area contributed by atoms with Gasteiger partial charge in [0.2, 0.25) is 0 Å². The van der Waals surface area contributed by atoms with Gasteiger partial charge in [-0.3, -0.25) is 4.99 Å². The van der Waals surface area contributed by atoms with E-state index in [2.05, 4.69) is 36.4 Å². The SMILES string of the molecule is CCOC(=O)C12N=C(c3ccccc3)C(c3ccccc3)([C@@H]3OCC[C@@H]31)[C@H]1OCC[C@H]12. The fourth-order valence-corrected chi connectivity index (χ4v) is 6.80. The van der Waals surface area contributed by atoms with Gasteiger partial charge in [0.1, 0.15) is 0 Å². The average molecular weight is 418 g/mol. The number of aliphatic imine (C=N–C) groups is 1. The maximum atomic E-state index is 13.6. The Hall–Kier alpha value is -2.50. The molecule has 1 saturated carbocycles. The normalized spacial score (nSPS) is 37.8. The Labute approximate surface area is 182 Å². The van der Waals surface area contributed by atoms with Gasteiger partial charge in [-0.25, -0.2) is 4.79 Å². The molecule has 2 unspecified atom stereocenters. The summed E-state index contributed by atoms with van der Waals surface area (Å²) in [6.07, 6.45) is 1.28. The van der Waals surface area contributed by atoms with Crippen molar-refractivity contribution in [3.63, 3.8) is 0 Å². The molecule has 0 radical (unpaired) electrons. The van der Waals surface area contributed by atoms with Crippen molar-refractivity contribution < 1.29 is 19.0 Å². The monoisotopic (exact) mass is 417 g/mol. The molecule has 2 bridgehead atoms. The minimum atomic E-state index is -0.944. The van der Waals surface area contributed by atoms with Gasteiger partial charge in [0, 0.05) is 25.0 Å². The average Bonchev–Trinajstić information content (AvgIpc) is 3.52. The molecule has 3 fully saturated rings. The highest BCUT2D eigenvalue weighted by Crippen LogP contribution is 2.64. The highest BCUT2D eigenvalue weighted by Gasteiger charge is 2.77. The van der Waals surface area contributed by atoms with Gasteiger partial charge in [-0.05, 0) is 30.9 Å². The highest BCUT2D eigenvalue weighted by atomic mass is 16.5. The lowest BCUT2D eigenvalue weighted by atomic mass is 9.47. The fraction of sp³-hybridized carbons (Fsp3) is 0.462. The standard InChI is InChI=1S/C26H27NO4/c1-2-29-24(28)26-19-13-15-30-22(19)25(18-11-7-4-8-12-18,23-20(26)14-16-31-23)21(27-26)17-9-5-3-6-10-17/h3-12,19-20,22-23H,2,13-16H2,1H3/t19-,20+,22+,23-,25?,26?. The largest absolute Gasteiger partial charge is 0.464 e. The molecular formula is C26H27NO4. The van der Waals surface area contributed by atoms with Gasteiger partial charge in [0.15, 0.2) is 5.54 Å². The van der Waals surface area contributed by atoms with Crippen molar-refractivity contribution in [2.24, 2.45) is 16.8 Å². The Morgan fingerprint density at radius 3 is 2.13 bits per heavy atom. The number of hydrogen-bond acceptors (Lipinski definition) is 5. The van der Waals surface area contributed by atoms with Crippen LogP contribution in [-0.2, 0) is 24.4 Å². The number of carbonyl (C=O) groups excluding carboxylic acids is 1. The van der Waals surface area contributed by atoms with Crippen LogP contribution in [0.15, 0.2) is 65.7 Å². The van der Waals surface area contributed by atoms with Gasteiger partial charge in [0.05, 0.1) is 29.9 Å². The van der Waals surface area contributed by atoms with Crippen LogP contribution < -0.4 is 0 Å². The molecule has 0 amide bonds. The maximum Gasteiger partial charge on any atom is 0.334 e. The van der Waals surface area contributed by atoms with Crippen molar-refractivity contribution in [3.8, 4) is 0 Å². The summed E-state index contributed by atoms with van der Waals surface area (Å²) >= 11 is 0. The number of rotatable bonds is 4. The minimum Gasteiger partial charge on any atom is -0.464 e. The summed E-state index contributed by atoms with van der Waals surface area (Å²) in [7, 11) is 0. The number of benzene rings is 2. The molecule has 2 saturated heterocycles. The van der Waals surface area contributed by atoms with E-state index in [-0.39, 0.29) is 30.0 Å². The van der Waals surface area contributed by atoms with Crippen molar-refractivity contribution in [1.82, 2.24) is 0 Å². The number of ether oxygens (including phenoxy) is 3. The Morgan fingerprint density at radius 1 is 0.968 bits per heavy atom. The summed E-state index contributed by atoms with van der Waals surface area (Å²) in [6.45, 7) is 3.46. The van der Waals surface area contributed by atoms with Gasteiger partial charge >= 0.3 is 5.97 Å². The van der Waals surface area contributed by atoms with Crippen LogP contribution in [0.25, 0.3) is 0 Å². The third-order valence-electron chi connectivity index (χ3n) is 7.80. The number of nitrogens with zero attached hydrogens (tertiary/aromatic N) is 1. The molecule has 160 valence electrons. The van der Waals surface area contributed by atoms with Crippen molar-refractivity contribution in [1.29, 1.82) is 0 Å². The van der Waals surface area contributed by atoms with Gasteiger partial charge < -0.3 is 14.2 Å². The molecule has 4 aliphatic heterocycles. The minimum absolute atomic E-state index is 0.0119. The summed E-state index contributed by atoms with van der Waals surface area (Å²) in [5.41, 5.74) is 1.59. The third kappa shape index (κ3) is 2.34.